The smallest absolute Gasteiger partial charge is 0.272 e. The molecule has 1 aliphatic heterocycles. The van der Waals surface area contributed by atoms with Crippen LogP contribution < -0.4 is 10.1 Å². The van der Waals surface area contributed by atoms with Crippen molar-refractivity contribution >= 4 is 17.5 Å². The number of pyridine rings is 1. The maximum absolute atomic E-state index is 12.4. The van der Waals surface area contributed by atoms with Crippen LogP contribution in [0.3, 0.4) is 0 Å². The molecular weight excluding hydrogens is 306 g/mol. The van der Waals surface area contributed by atoms with Gasteiger partial charge in [0.2, 0.25) is 0 Å². The average Bonchev–Trinajstić information content (AvgIpc) is 3.16. The number of nitrogens with zero attached hydrogens (tertiary/aromatic N) is 2. The third kappa shape index (κ3) is 3.53. The fourth-order valence-electron chi connectivity index (χ4n) is 2.68. The highest BCUT2D eigenvalue weighted by atomic mass is 16.5. The Morgan fingerprint density at radius 1 is 1.17 bits per heavy atom. The van der Waals surface area contributed by atoms with E-state index in [0.29, 0.717) is 22.7 Å². The summed E-state index contributed by atoms with van der Waals surface area (Å²) in [4.78, 5) is 30.7. The van der Waals surface area contributed by atoms with Crippen LogP contribution in [0.2, 0.25) is 0 Å². The van der Waals surface area contributed by atoms with E-state index in [1.165, 1.54) is 12.3 Å². The van der Waals surface area contributed by atoms with Crippen molar-refractivity contribution in [3.05, 3.63) is 53.9 Å². The summed E-state index contributed by atoms with van der Waals surface area (Å²) in [5.74, 6) is 0.247. The number of benzene rings is 1. The van der Waals surface area contributed by atoms with Gasteiger partial charge in [0.05, 0.1) is 7.11 Å². The van der Waals surface area contributed by atoms with E-state index in [2.05, 4.69) is 10.3 Å². The molecule has 2 aromatic rings. The average molecular weight is 325 g/mol. The molecule has 0 atom stereocenters. The van der Waals surface area contributed by atoms with Crippen LogP contribution in [0.25, 0.3) is 0 Å². The van der Waals surface area contributed by atoms with Crippen LogP contribution in [-0.4, -0.2) is 41.9 Å². The molecule has 0 radical (unpaired) electrons. The Morgan fingerprint density at radius 2 is 1.96 bits per heavy atom. The molecule has 0 saturated carbocycles. The monoisotopic (exact) mass is 325 g/mol. The van der Waals surface area contributed by atoms with Crippen molar-refractivity contribution in [1.29, 1.82) is 0 Å². The molecule has 6 heteroatoms. The van der Waals surface area contributed by atoms with Crippen molar-refractivity contribution in [1.82, 2.24) is 9.88 Å². The highest BCUT2D eigenvalue weighted by Gasteiger charge is 2.21. The molecule has 1 aromatic carbocycles. The number of ether oxygens (including phenoxy) is 1. The Balaban J connectivity index is 1.75. The van der Waals surface area contributed by atoms with Gasteiger partial charge in [-0.25, -0.2) is 0 Å². The molecule has 0 aliphatic carbocycles. The Hall–Kier alpha value is -2.89. The number of nitrogens with one attached hydrogen (secondary N) is 1. The highest BCUT2D eigenvalue weighted by Crippen LogP contribution is 2.18. The van der Waals surface area contributed by atoms with Crippen molar-refractivity contribution in [2.75, 3.05) is 25.5 Å². The van der Waals surface area contributed by atoms with Crippen LogP contribution in [0.4, 0.5) is 5.69 Å². The maximum Gasteiger partial charge on any atom is 0.272 e. The lowest BCUT2D eigenvalue weighted by atomic mass is 10.2. The molecule has 0 unspecified atom stereocenters. The van der Waals surface area contributed by atoms with E-state index in [4.69, 9.17) is 4.74 Å². The number of carbonyl (C=O) groups excluding carboxylic acids is 2. The molecule has 1 aliphatic rings. The lowest BCUT2D eigenvalue weighted by molar-refractivity contribution is 0.0787. The second-order valence-corrected chi connectivity index (χ2v) is 5.62. The minimum Gasteiger partial charge on any atom is -0.497 e. The first-order valence-corrected chi connectivity index (χ1v) is 7.88. The number of likely N-dealkylation sites (tertiary alicyclic amines) is 1. The summed E-state index contributed by atoms with van der Waals surface area (Å²) in [5.41, 5.74) is 1.33. The highest BCUT2D eigenvalue weighted by molar-refractivity contribution is 6.05. The predicted octanol–water partition coefficient (Wildman–Crippen LogP) is 2.58. The van der Waals surface area contributed by atoms with Gasteiger partial charge in [-0.05, 0) is 37.1 Å². The first kappa shape index (κ1) is 16.0. The van der Waals surface area contributed by atoms with E-state index in [9.17, 15) is 9.59 Å². The lowest BCUT2D eigenvalue weighted by Crippen LogP contribution is -2.28. The maximum atomic E-state index is 12.4. The quantitative estimate of drug-likeness (QED) is 0.938. The van der Waals surface area contributed by atoms with E-state index < -0.39 is 0 Å². The molecule has 1 aromatic heterocycles. The number of hydrogen-bond acceptors (Lipinski definition) is 4. The van der Waals surface area contributed by atoms with Gasteiger partial charge in [0.25, 0.3) is 11.8 Å². The van der Waals surface area contributed by atoms with Gasteiger partial charge in [-0.1, -0.05) is 6.07 Å². The Kier molecular flexibility index (Phi) is 4.74. The van der Waals surface area contributed by atoms with E-state index >= 15 is 0 Å². The van der Waals surface area contributed by atoms with E-state index in [-0.39, 0.29) is 11.8 Å². The Morgan fingerprint density at radius 3 is 2.71 bits per heavy atom. The third-order valence-electron chi connectivity index (χ3n) is 3.96. The van der Waals surface area contributed by atoms with Crippen LogP contribution >= 0.6 is 0 Å². The largest absolute Gasteiger partial charge is 0.497 e. The number of amides is 2. The van der Waals surface area contributed by atoms with Crippen LogP contribution in [0, 0.1) is 0 Å². The van der Waals surface area contributed by atoms with E-state index in [1.54, 1.807) is 42.3 Å². The van der Waals surface area contributed by atoms with Gasteiger partial charge in [-0.15, -0.1) is 0 Å². The topological polar surface area (TPSA) is 71.5 Å². The van der Waals surface area contributed by atoms with Crippen LogP contribution in [0.1, 0.15) is 33.7 Å². The fourth-order valence-corrected chi connectivity index (χ4v) is 2.68. The minimum absolute atomic E-state index is 0.122. The van der Waals surface area contributed by atoms with Crippen LogP contribution in [-0.2, 0) is 0 Å². The molecule has 1 N–H and O–H groups in total. The third-order valence-corrected chi connectivity index (χ3v) is 3.96. The first-order chi connectivity index (χ1) is 11.7. The Bertz CT molecular complexity index is 755. The van der Waals surface area contributed by atoms with Gasteiger partial charge in [0.1, 0.15) is 11.4 Å². The van der Waals surface area contributed by atoms with Gasteiger partial charge in [0, 0.05) is 36.6 Å². The standard InChI is InChI=1S/C18H19N3O3/c1-24-15-6-4-5-14(12-15)20-17(22)13-7-8-19-16(11-13)18(23)21-9-2-3-10-21/h4-8,11-12H,2-3,9-10H2,1H3,(H,20,22). The molecule has 0 bridgehead atoms. The number of carbonyl (C=O) groups is 2. The number of hydrogen-bond donors (Lipinski definition) is 1. The molecule has 3 rings (SSSR count). The fraction of sp³-hybridized carbons (Fsp3) is 0.278. The number of methoxy groups -OCH3 is 1. The molecular formula is C18H19N3O3. The summed E-state index contributed by atoms with van der Waals surface area (Å²) in [6, 6.07) is 10.2. The van der Waals surface area contributed by atoms with Crippen molar-refractivity contribution < 1.29 is 14.3 Å². The normalized spacial score (nSPS) is 13.6. The summed E-state index contributed by atoms with van der Waals surface area (Å²) in [7, 11) is 1.57. The second kappa shape index (κ2) is 7.12. The van der Waals surface area contributed by atoms with Gasteiger partial charge < -0.3 is 15.0 Å². The van der Waals surface area contributed by atoms with Crippen LogP contribution in [0.15, 0.2) is 42.6 Å². The number of rotatable bonds is 4. The van der Waals surface area contributed by atoms with Crippen LogP contribution in [0.5, 0.6) is 5.75 Å². The molecule has 1 saturated heterocycles. The molecule has 6 nitrogen and oxygen atoms in total. The minimum atomic E-state index is -0.291. The molecule has 0 spiro atoms. The molecule has 1 fully saturated rings. The molecule has 124 valence electrons. The van der Waals surface area contributed by atoms with Crippen molar-refractivity contribution in [3.63, 3.8) is 0 Å². The summed E-state index contributed by atoms with van der Waals surface area (Å²) in [6.45, 7) is 1.50. The van der Waals surface area contributed by atoms with E-state index in [0.717, 1.165) is 25.9 Å². The van der Waals surface area contributed by atoms with Crippen molar-refractivity contribution in [2.45, 2.75) is 12.8 Å². The lowest BCUT2D eigenvalue weighted by Gasteiger charge is -2.14. The summed E-state index contributed by atoms with van der Waals surface area (Å²) in [6.07, 6.45) is 3.52. The second-order valence-electron chi connectivity index (χ2n) is 5.62. The SMILES string of the molecule is COc1cccc(NC(=O)c2ccnc(C(=O)N3CCCC3)c2)c1. The van der Waals surface area contributed by atoms with Gasteiger partial charge >= 0.3 is 0 Å². The zero-order valence-corrected chi connectivity index (χ0v) is 13.5. The first-order valence-electron chi connectivity index (χ1n) is 7.88. The molecule has 2 heterocycles. The molecule has 24 heavy (non-hydrogen) atoms. The summed E-state index contributed by atoms with van der Waals surface area (Å²) >= 11 is 0. The summed E-state index contributed by atoms with van der Waals surface area (Å²) < 4.78 is 5.14. The molecule has 2 amide bonds. The number of anilines is 1. The number of aromatic nitrogens is 1. The van der Waals surface area contributed by atoms with E-state index in [1.807, 2.05) is 0 Å². The zero-order valence-electron chi connectivity index (χ0n) is 13.5. The predicted molar refractivity (Wildman–Crippen MR) is 90.3 cm³/mol. The van der Waals surface area contributed by atoms with Gasteiger partial charge in [-0.3, -0.25) is 14.6 Å². The van der Waals surface area contributed by atoms with Gasteiger partial charge in [-0.2, -0.15) is 0 Å². The van der Waals surface area contributed by atoms with Gasteiger partial charge in [0.15, 0.2) is 0 Å². The van der Waals surface area contributed by atoms with Crippen molar-refractivity contribution in [3.8, 4) is 5.75 Å². The summed E-state index contributed by atoms with van der Waals surface area (Å²) in [5, 5.41) is 2.80. The van der Waals surface area contributed by atoms with Crippen molar-refractivity contribution in [2.24, 2.45) is 0 Å². The zero-order chi connectivity index (χ0) is 16.9. The Labute approximate surface area is 140 Å².